The molecule has 0 bridgehead atoms. The van der Waals surface area contributed by atoms with Crippen molar-refractivity contribution < 1.29 is 0 Å². The molecule has 0 aromatic heterocycles. The molecule has 104 valence electrons. The predicted octanol–water partition coefficient (Wildman–Crippen LogP) is 3.58. The molecule has 0 aliphatic carbocycles. The fourth-order valence-corrected chi connectivity index (χ4v) is 2.27. The Morgan fingerprint density at radius 2 is 1.15 bits per heavy atom. The summed E-state index contributed by atoms with van der Waals surface area (Å²) in [7, 11) is 8.15. The highest BCUT2D eigenvalue weighted by Gasteiger charge is 2.07. The minimum atomic E-state index is 0.886. The normalized spacial score (nSPS) is 10.2. The zero-order chi connectivity index (χ0) is 14.7. The van der Waals surface area contributed by atoms with Crippen LogP contribution in [0, 0.1) is 0 Å². The number of hydrogen-bond acceptors (Lipinski definition) is 3. The van der Waals surface area contributed by atoms with Crippen molar-refractivity contribution in [3.63, 3.8) is 0 Å². The summed E-state index contributed by atoms with van der Waals surface area (Å²) in [5, 5.41) is 0. The molecule has 0 saturated carbocycles. The zero-order valence-electron chi connectivity index (χ0n) is 12.4. The van der Waals surface area contributed by atoms with Crippen LogP contribution >= 0.6 is 12.2 Å². The van der Waals surface area contributed by atoms with Crippen molar-refractivity contribution in [1.29, 1.82) is 0 Å². The van der Waals surface area contributed by atoms with Crippen molar-refractivity contribution in [3.8, 4) is 0 Å². The monoisotopic (exact) mass is 284 g/mol. The second-order valence-corrected chi connectivity index (χ2v) is 5.63. The zero-order valence-corrected chi connectivity index (χ0v) is 13.2. The van der Waals surface area contributed by atoms with Crippen LogP contribution in [0.3, 0.4) is 0 Å². The van der Waals surface area contributed by atoms with Gasteiger partial charge in [-0.15, -0.1) is 0 Å². The van der Waals surface area contributed by atoms with E-state index in [9.17, 15) is 0 Å². The first kappa shape index (κ1) is 14.5. The summed E-state index contributed by atoms with van der Waals surface area (Å²) >= 11 is 5.64. The van der Waals surface area contributed by atoms with Gasteiger partial charge < -0.3 is 9.80 Å². The third-order valence-corrected chi connectivity index (χ3v) is 3.72. The van der Waals surface area contributed by atoms with E-state index >= 15 is 0 Å². The number of thiocarbonyl (C=S) groups is 1. The third-order valence-electron chi connectivity index (χ3n) is 3.25. The highest BCUT2D eigenvalue weighted by Crippen LogP contribution is 2.20. The van der Waals surface area contributed by atoms with E-state index in [4.69, 9.17) is 12.2 Å². The van der Waals surface area contributed by atoms with Crippen molar-refractivity contribution >= 4 is 28.5 Å². The second kappa shape index (κ2) is 6.06. The summed E-state index contributed by atoms with van der Waals surface area (Å²) in [4.78, 5) is 5.06. The van der Waals surface area contributed by atoms with Gasteiger partial charge in [-0.05, 0) is 35.4 Å². The van der Waals surface area contributed by atoms with Gasteiger partial charge in [0.15, 0.2) is 0 Å². The number of benzene rings is 2. The minimum absolute atomic E-state index is 0.886. The topological polar surface area (TPSA) is 6.48 Å². The molecular formula is C17H20N2S. The Morgan fingerprint density at radius 1 is 0.750 bits per heavy atom. The van der Waals surface area contributed by atoms with E-state index < -0.39 is 0 Å². The number of hydrogen-bond donors (Lipinski definition) is 0. The van der Waals surface area contributed by atoms with Gasteiger partial charge in [0.1, 0.15) is 0 Å². The summed E-state index contributed by atoms with van der Waals surface area (Å²) in [6, 6.07) is 16.7. The molecular weight excluding hydrogens is 264 g/mol. The van der Waals surface area contributed by atoms with E-state index in [1.165, 1.54) is 0 Å². The highest BCUT2D eigenvalue weighted by atomic mass is 32.1. The largest absolute Gasteiger partial charge is 0.378 e. The predicted molar refractivity (Wildman–Crippen MR) is 92.3 cm³/mol. The van der Waals surface area contributed by atoms with E-state index in [1.54, 1.807) is 0 Å². The maximum Gasteiger partial charge on any atom is 0.0523 e. The maximum atomic E-state index is 5.64. The molecule has 0 spiro atoms. The molecule has 0 saturated heterocycles. The van der Waals surface area contributed by atoms with E-state index in [0.29, 0.717) is 0 Å². The Balaban J connectivity index is 2.36. The Kier molecular flexibility index (Phi) is 4.40. The van der Waals surface area contributed by atoms with Crippen LogP contribution in [0.5, 0.6) is 0 Å². The quantitative estimate of drug-likeness (QED) is 0.626. The van der Waals surface area contributed by atoms with E-state index in [-0.39, 0.29) is 0 Å². The van der Waals surface area contributed by atoms with Crippen LogP contribution in [0.1, 0.15) is 11.1 Å². The van der Waals surface area contributed by atoms with Crippen LogP contribution in [0.15, 0.2) is 48.5 Å². The van der Waals surface area contributed by atoms with Gasteiger partial charge in [-0.25, -0.2) is 0 Å². The van der Waals surface area contributed by atoms with Gasteiger partial charge in [-0.1, -0.05) is 36.5 Å². The summed E-state index contributed by atoms with van der Waals surface area (Å²) < 4.78 is 0. The van der Waals surface area contributed by atoms with Gasteiger partial charge >= 0.3 is 0 Å². The van der Waals surface area contributed by atoms with Gasteiger partial charge in [-0.3, -0.25) is 0 Å². The van der Waals surface area contributed by atoms with Gasteiger partial charge in [-0.2, -0.15) is 0 Å². The highest BCUT2D eigenvalue weighted by molar-refractivity contribution is 7.81. The molecule has 2 rings (SSSR count). The van der Waals surface area contributed by atoms with Crippen molar-refractivity contribution in [2.24, 2.45) is 0 Å². The van der Waals surface area contributed by atoms with Crippen molar-refractivity contribution in [1.82, 2.24) is 0 Å². The van der Waals surface area contributed by atoms with Crippen molar-refractivity contribution in [2.45, 2.75) is 0 Å². The first-order valence-electron chi connectivity index (χ1n) is 6.58. The summed E-state index contributed by atoms with van der Waals surface area (Å²) in [5.41, 5.74) is 4.49. The summed E-state index contributed by atoms with van der Waals surface area (Å²) in [5.74, 6) is 0. The lowest BCUT2D eigenvalue weighted by atomic mass is 10.0. The van der Waals surface area contributed by atoms with Gasteiger partial charge in [0.2, 0.25) is 0 Å². The fourth-order valence-electron chi connectivity index (χ4n) is 2.02. The molecule has 0 atom stereocenters. The lowest BCUT2D eigenvalue weighted by molar-refractivity contribution is 1.13. The lowest BCUT2D eigenvalue weighted by Gasteiger charge is -2.16. The fraction of sp³-hybridized carbons (Fsp3) is 0.235. The van der Waals surface area contributed by atoms with E-state index in [0.717, 1.165) is 27.4 Å². The Labute approximate surface area is 126 Å². The Morgan fingerprint density at radius 3 is 1.50 bits per heavy atom. The van der Waals surface area contributed by atoms with E-state index in [1.807, 2.05) is 40.3 Å². The smallest absolute Gasteiger partial charge is 0.0523 e. The molecule has 2 nitrogen and oxygen atoms in total. The molecule has 2 aromatic carbocycles. The number of rotatable bonds is 4. The first-order chi connectivity index (χ1) is 9.49. The molecule has 0 aliphatic rings. The molecule has 0 aliphatic heterocycles. The lowest BCUT2D eigenvalue weighted by Crippen LogP contribution is -2.11. The van der Waals surface area contributed by atoms with Crippen LogP contribution in [0.2, 0.25) is 0 Å². The van der Waals surface area contributed by atoms with Gasteiger partial charge in [0.25, 0.3) is 0 Å². The average molecular weight is 284 g/mol. The maximum absolute atomic E-state index is 5.64. The minimum Gasteiger partial charge on any atom is -0.378 e. The first-order valence-corrected chi connectivity index (χ1v) is 6.99. The molecule has 20 heavy (non-hydrogen) atoms. The van der Waals surface area contributed by atoms with Crippen LogP contribution in [-0.4, -0.2) is 33.1 Å². The molecule has 0 fully saturated rings. The number of nitrogens with zero attached hydrogens (tertiary/aromatic N) is 2. The van der Waals surface area contributed by atoms with Crippen LogP contribution < -0.4 is 9.80 Å². The molecule has 0 heterocycles. The average Bonchev–Trinajstić information content (AvgIpc) is 2.46. The van der Waals surface area contributed by atoms with E-state index in [2.05, 4.69) is 46.2 Å². The molecule has 2 aromatic rings. The molecule has 3 heteroatoms. The van der Waals surface area contributed by atoms with Gasteiger partial charge in [0, 0.05) is 39.6 Å². The SMILES string of the molecule is CN(C)c1cccc(C(=S)c2cccc(N(C)C)c2)c1. The summed E-state index contributed by atoms with van der Waals surface area (Å²) in [6.07, 6.45) is 0. The number of anilines is 2. The van der Waals surface area contributed by atoms with Crippen molar-refractivity contribution in [3.05, 3.63) is 59.7 Å². The molecule has 0 amide bonds. The van der Waals surface area contributed by atoms with Crippen LogP contribution in [0.4, 0.5) is 11.4 Å². The van der Waals surface area contributed by atoms with Gasteiger partial charge in [0.05, 0.1) is 4.86 Å². The standard InChI is InChI=1S/C17H20N2S/c1-18(2)15-9-5-7-13(11-15)17(20)14-8-6-10-16(12-14)19(3)4/h5-12H,1-4H3. The Hall–Kier alpha value is -1.87. The van der Waals surface area contributed by atoms with Crippen molar-refractivity contribution in [2.75, 3.05) is 38.0 Å². The molecule has 0 radical (unpaired) electrons. The summed E-state index contributed by atoms with van der Waals surface area (Å²) in [6.45, 7) is 0. The molecule has 0 N–H and O–H groups in total. The third kappa shape index (κ3) is 3.17. The second-order valence-electron chi connectivity index (χ2n) is 5.22. The van der Waals surface area contributed by atoms with Crippen LogP contribution in [0.25, 0.3) is 0 Å². The van der Waals surface area contributed by atoms with Crippen LogP contribution in [-0.2, 0) is 0 Å². The Bertz CT molecular complexity index is 564. The molecule has 0 unspecified atom stereocenters.